The quantitative estimate of drug-likeness (QED) is 0.585. The van der Waals surface area contributed by atoms with Gasteiger partial charge in [0.2, 0.25) is 0 Å². The third kappa shape index (κ3) is 1.77. The van der Waals surface area contributed by atoms with Crippen LogP contribution in [0.25, 0.3) is 0 Å². The maximum Gasteiger partial charge on any atom is 0.404 e. The molecular weight excluding hydrogens is 168 g/mol. The Hall–Kier alpha value is -0.770. The number of hydrogen-bond donors (Lipinski definition) is 3. The third-order valence-corrected chi connectivity index (χ3v) is 3.42. The maximum atomic E-state index is 10.3. The summed E-state index contributed by atoms with van der Waals surface area (Å²) in [5.74, 6) is 1.98. The van der Waals surface area contributed by atoms with Gasteiger partial charge in [-0.1, -0.05) is 0 Å². The van der Waals surface area contributed by atoms with E-state index in [1.807, 2.05) is 0 Å². The number of hydrogen-bond acceptors (Lipinski definition) is 2. The van der Waals surface area contributed by atoms with Crippen LogP contribution in [0.4, 0.5) is 4.79 Å². The van der Waals surface area contributed by atoms with Gasteiger partial charge in [0.05, 0.1) is 0 Å². The summed E-state index contributed by atoms with van der Waals surface area (Å²) in [6.45, 7) is 2.79. The molecule has 74 valence electrons. The summed E-state index contributed by atoms with van der Waals surface area (Å²) >= 11 is 0. The molecule has 13 heavy (non-hydrogen) atoms. The van der Waals surface area contributed by atoms with E-state index >= 15 is 0 Å². The van der Waals surface area contributed by atoms with Crippen LogP contribution in [0.15, 0.2) is 0 Å². The lowest BCUT2D eigenvalue weighted by molar-refractivity contribution is 0.182. The minimum Gasteiger partial charge on any atom is -0.465 e. The van der Waals surface area contributed by atoms with Crippen molar-refractivity contribution in [3.05, 3.63) is 0 Å². The van der Waals surface area contributed by atoms with Crippen molar-refractivity contribution in [2.45, 2.75) is 12.8 Å². The molecule has 1 amide bonds. The first-order valence-corrected chi connectivity index (χ1v) is 4.95. The molecule has 3 atom stereocenters. The second-order valence-corrected chi connectivity index (χ2v) is 4.11. The van der Waals surface area contributed by atoms with Crippen LogP contribution in [0.2, 0.25) is 0 Å². The molecule has 3 N–H and O–H groups in total. The average molecular weight is 184 g/mol. The predicted octanol–water partition coefficient (Wildman–Crippen LogP) is 0.500. The van der Waals surface area contributed by atoms with Gasteiger partial charge in [-0.3, -0.25) is 0 Å². The Morgan fingerprint density at radius 2 is 2.00 bits per heavy atom. The molecule has 0 aromatic rings. The fraction of sp³-hybridized carbons (Fsp3) is 0.889. The van der Waals surface area contributed by atoms with Gasteiger partial charge in [-0.05, 0) is 43.7 Å². The molecule has 1 aliphatic carbocycles. The van der Waals surface area contributed by atoms with Crippen molar-refractivity contribution in [1.82, 2.24) is 10.6 Å². The van der Waals surface area contributed by atoms with Crippen LogP contribution < -0.4 is 10.6 Å². The van der Waals surface area contributed by atoms with Crippen LogP contribution in [0.3, 0.4) is 0 Å². The second-order valence-electron chi connectivity index (χ2n) is 4.11. The van der Waals surface area contributed by atoms with Crippen molar-refractivity contribution in [3.63, 3.8) is 0 Å². The van der Waals surface area contributed by atoms with Gasteiger partial charge in [0.25, 0.3) is 0 Å². The summed E-state index contributed by atoms with van der Waals surface area (Å²) < 4.78 is 0. The van der Waals surface area contributed by atoms with Crippen LogP contribution >= 0.6 is 0 Å². The largest absolute Gasteiger partial charge is 0.465 e. The van der Waals surface area contributed by atoms with Gasteiger partial charge in [0, 0.05) is 6.54 Å². The topological polar surface area (TPSA) is 61.4 Å². The van der Waals surface area contributed by atoms with Crippen LogP contribution in [0.1, 0.15) is 12.8 Å². The minimum absolute atomic E-state index is 0.581. The Bertz CT molecular complexity index is 192. The zero-order chi connectivity index (χ0) is 9.26. The first kappa shape index (κ1) is 8.81. The Morgan fingerprint density at radius 1 is 1.38 bits per heavy atom. The molecule has 1 heterocycles. The molecule has 1 saturated heterocycles. The average Bonchev–Trinajstić information content (AvgIpc) is 2.34. The van der Waals surface area contributed by atoms with Gasteiger partial charge in [0.1, 0.15) is 0 Å². The van der Waals surface area contributed by atoms with Crippen LogP contribution in [0.5, 0.6) is 0 Å². The minimum atomic E-state index is -0.891. The maximum absolute atomic E-state index is 10.3. The molecule has 0 unspecified atom stereocenters. The summed E-state index contributed by atoms with van der Waals surface area (Å²) in [7, 11) is 0. The molecule has 0 spiro atoms. The Balaban J connectivity index is 1.88. The monoisotopic (exact) mass is 184 g/mol. The summed E-state index contributed by atoms with van der Waals surface area (Å²) in [6, 6.07) is 0. The smallest absolute Gasteiger partial charge is 0.404 e. The van der Waals surface area contributed by atoms with Crippen molar-refractivity contribution in [2.75, 3.05) is 19.6 Å². The summed E-state index contributed by atoms with van der Waals surface area (Å²) in [5.41, 5.74) is 0. The lowest BCUT2D eigenvalue weighted by Crippen LogP contribution is -2.43. The zero-order valence-corrected chi connectivity index (χ0v) is 7.62. The third-order valence-electron chi connectivity index (χ3n) is 3.42. The number of piperidine rings is 1. The number of carboxylic acid groups (broad SMARTS) is 1. The van der Waals surface area contributed by atoms with E-state index in [0.717, 1.165) is 13.1 Å². The summed E-state index contributed by atoms with van der Waals surface area (Å²) in [6.07, 6.45) is 1.64. The van der Waals surface area contributed by atoms with E-state index in [1.165, 1.54) is 12.8 Å². The van der Waals surface area contributed by atoms with Gasteiger partial charge in [0.15, 0.2) is 0 Å². The molecule has 2 aliphatic rings. The Kier molecular flexibility index (Phi) is 2.40. The highest BCUT2D eigenvalue weighted by atomic mass is 16.4. The molecule has 2 fully saturated rings. The molecule has 2 bridgehead atoms. The Labute approximate surface area is 77.7 Å². The van der Waals surface area contributed by atoms with Crippen LogP contribution in [0, 0.1) is 17.8 Å². The normalized spacial score (nSPS) is 37.4. The van der Waals surface area contributed by atoms with Crippen LogP contribution in [-0.2, 0) is 0 Å². The predicted molar refractivity (Wildman–Crippen MR) is 48.6 cm³/mol. The molecule has 1 aliphatic heterocycles. The highest BCUT2D eigenvalue weighted by molar-refractivity contribution is 5.64. The van der Waals surface area contributed by atoms with Gasteiger partial charge < -0.3 is 15.7 Å². The van der Waals surface area contributed by atoms with Crippen LogP contribution in [-0.4, -0.2) is 30.8 Å². The number of carbonyl (C=O) groups is 1. The van der Waals surface area contributed by atoms with E-state index in [1.54, 1.807) is 0 Å². The zero-order valence-electron chi connectivity index (χ0n) is 7.62. The van der Waals surface area contributed by atoms with Gasteiger partial charge in [-0.25, -0.2) is 4.79 Å². The second kappa shape index (κ2) is 3.54. The standard InChI is InChI=1S/C9H16N2O2/c12-9(13)11-5-8-6-1-2-7(8)4-10-3-6/h6-8,10-11H,1-5H2,(H,12,13)/t6-,7+,8-. The number of rotatable bonds is 2. The van der Waals surface area contributed by atoms with E-state index < -0.39 is 6.09 Å². The molecular formula is C9H16N2O2. The molecule has 0 aromatic carbocycles. The van der Waals surface area contributed by atoms with Crippen molar-refractivity contribution < 1.29 is 9.90 Å². The lowest BCUT2D eigenvalue weighted by atomic mass is 9.86. The Morgan fingerprint density at radius 3 is 2.54 bits per heavy atom. The highest BCUT2D eigenvalue weighted by Crippen LogP contribution is 2.38. The first-order chi connectivity index (χ1) is 6.27. The van der Waals surface area contributed by atoms with Gasteiger partial charge in [-0.15, -0.1) is 0 Å². The van der Waals surface area contributed by atoms with Gasteiger partial charge in [-0.2, -0.15) is 0 Å². The first-order valence-electron chi connectivity index (χ1n) is 4.95. The molecule has 0 aromatic heterocycles. The highest BCUT2D eigenvalue weighted by Gasteiger charge is 2.38. The van der Waals surface area contributed by atoms with E-state index in [9.17, 15) is 4.79 Å². The molecule has 4 nitrogen and oxygen atoms in total. The fourth-order valence-electron chi connectivity index (χ4n) is 2.74. The van der Waals surface area contributed by atoms with Crippen molar-refractivity contribution in [1.29, 1.82) is 0 Å². The molecule has 2 rings (SSSR count). The van der Waals surface area contributed by atoms with E-state index in [4.69, 9.17) is 5.11 Å². The molecule has 0 radical (unpaired) electrons. The van der Waals surface area contributed by atoms with E-state index in [2.05, 4.69) is 10.6 Å². The number of fused-ring (bicyclic) bond motifs is 2. The SMILES string of the molecule is O=C(O)NC[C@@H]1[C@@H]2CC[C@H]1CNC2. The number of nitrogens with one attached hydrogen (secondary N) is 2. The summed E-state index contributed by atoms with van der Waals surface area (Å²) in [4.78, 5) is 10.3. The molecule has 4 heteroatoms. The summed E-state index contributed by atoms with van der Waals surface area (Å²) in [5, 5.41) is 14.4. The number of amides is 1. The fourth-order valence-corrected chi connectivity index (χ4v) is 2.74. The molecule has 1 saturated carbocycles. The van der Waals surface area contributed by atoms with Crippen molar-refractivity contribution >= 4 is 6.09 Å². The van der Waals surface area contributed by atoms with E-state index in [0.29, 0.717) is 24.3 Å². The lowest BCUT2D eigenvalue weighted by Gasteiger charge is -2.30. The van der Waals surface area contributed by atoms with Gasteiger partial charge >= 0.3 is 6.09 Å². The van der Waals surface area contributed by atoms with Crippen molar-refractivity contribution in [3.8, 4) is 0 Å². The van der Waals surface area contributed by atoms with E-state index in [-0.39, 0.29) is 0 Å². The van der Waals surface area contributed by atoms with Crippen molar-refractivity contribution in [2.24, 2.45) is 17.8 Å².